The van der Waals surface area contributed by atoms with E-state index in [9.17, 15) is 9.59 Å². The van der Waals surface area contributed by atoms with Gasteiger partial charge in [0.1, 0.15) is 11.4 Å². The lowest BCUT2D eigenvalue weighted by atomic mass is 10.0. The van der Waals surface area contributed by atoms with Crippen LogP contribution in [0.2, 0.25) is 0 Å². The average molecular weight is 246 g/mol. The van der Waals surface area contributed by atoms with Crippen molar-refractivity contribution in [3.63, 3.8) is 0 Å². The zero-order valence-electron chi connectivity index (χ0n) is 9.80. The molecule has 0 fully saturated rings. The highest BCUT2D eigenvalue weighted by Gasteiger charge is 2.16. The highest BCUT2D eigenvalue weighted by atomic mass is 16.4. The van der Waals surface area contributed by atoms with Crippen molar-refractivity contribution in [3.05, 3.63) is 41.7 Å². The van der Waals surface area contributed by atoms with E-state index in [1.54, 1.807) is 0 Å². The maximum Gasteiger partial charge on any atom is 0.354 e. The summed E-state index contributed by atoms with van der Waals surface area (Å²) in [5.41, 5.74) is 0.0237. The Hall–Kier alpha value is -2.17. The largest absolute Gasteiger partial charge is 0.477 e. The van der Waals surface area contributed by atoms with Gasteiger partial charge in [-0.15, -0.1) is 0 Å². The molecule has 1 aliphatic rings. The summed E-state index contributed by atoms with van der Waals surface area (Å²) in [5.74, 6) is -1.45. The molecular weight excluding hydrogens is 232 g/mol. The van der Waals surface area contributed by atoms with E-state index < -0.39 is 5.97 Å². The number of aromatic carboxylic acids is 1. The number of nitrogens with zero attached hydrogens (tertiary/aromatic N) is 1. The molecule has 0 radical (unpaired) electrons. The summed E-state index contributed by atoms with van der Waals surface area (Å²) in [7, 11) is 0. The van der Waals surface area contributed by atoms with Crippen LogP contribution in [0.15, 0.2) is 30.4 Å². The molecule has 2 rings (SSSR count). The van der Waals surface area contributed by atoms with Gasteiger partial charge in [-0.25, -0.2) is 9.78 Å². The number of rotatable bonds is 3. The SMILES string of the molecule is O=C(O)c1cccc(C(=O)NC2CC=CCC2)n1. The van der Waals surface area contributed by atoms with E-state index in [0.29, 0.717) is 0 Å². The lowest BCUT2D eigenvalue weighted by molar-refractivity contribution is 0.0690. The minimum absolute atomic E-state index is 0.109. The van der Waals surface area contributed by atoms with Crippen molar-refractivity contribution in [3.8, 4) is 0 Å². The Morgan fingerprint density at radius 1 is 1.28 bits per heavy atom. The lowest BCUT2D eigenvalue weighted by Crippen LogP contribution is -2.35. The van der Waals surface area contributed by atoms with E-state index in [0.717, 1.165) is 19.3 Å². The molecule has 5 heteroatoms. The molecule has 0 saturated carbocycles. The van der Waals surface area contributed by atoms with Crippen LogP contribution in [0, 0.1) is 0 Å². The van der Waals surface area contributed by atoms with Crippen molar-refractivity contribution in [2.75, 3.05) is 0 Å². The fraction of sp³-hybridized carbons (Fsp3) is 0.308. The highest BCUT2D eigenvalue weighted by molar-refractivity contribution is 5.94. The van der Waals surface area contributed by atoms with Crippen molar-refractivity contribution < 1.29 is 14.7 Å². The Kier molecular flexibility index (Phi) is 3.72. The molecule has 1 aliphatic carbocycles. The van der Waals surface area contributed by atoms with Crippen LogP contribution in [0.4, 0.5) is 0 Å². The first-order chi connectivity index (χ1) is 8.66. The smallest absolute Gasteiger partial charge is 0.354 e. The third-order valence-corrected chi connectivity index (χ3v) is 2.81. The summed E-state index contributed by atoms with van der Waals surface area (Å²) in [5, 5.41) is 11.7. The summed E-state index contributed by atoms with van der Waals surface area (Å²) in [4.78, 5) is 26.5. The van der Waals surface area contributed by atoms with E-state index in [4.69, 9.17) is 5.11 Å². The molecule has 0 spiro atoms. The van der Waals surface area contributed by atoms with Crippen molar-refractivity contribution in [2.24, 2.45) is 0 Å². The normalized spacial score (nSPS) is 18.3. The number of hydrogen-bond acceptors (Lipinski definition) is 3. The molecule has 0 bridgehead atoms. The number of aromatic nitrogens is 1. The molecule has 1 amide bonds. The number of nitrogens with one attached hydrogen (secondary N) is 1. The van der Waals surface area contributed by atoms with Crippen LogP contribution >= 0.6 is 0 Å². The second-order valence-electron chi connectivity index (χ2n) is 4.17. The van der Waals surface area contributed by atoms with Crippen LogP contribution in [0.1, 0.15) is 40.2 Å². The van der Waals surface area contributed by atoms with E-state index in [1.165, 1.54) is 18.2 Å². The molecule has 0 aliphatic heterocycles. The Labute approximate surface area is 105 Å². The van der Waals surface area contributed by atoms with Crippen LogP contribution < -0.4 is 5.32 Å². The van der Waals surface area contributed by atoms with Crippen LogP contribution in [-0.2, 0) is 0 Å². The lowest BCUT2D eigenvalue weighted by Gasteiger charge is -2.19. The Morgan fingerprint density at radius 2 is 2.06 bits per heavy atom. The maximum absolute atomic E-state index is 11.9. The van der Waals surface area contributed by atoms with Gasteiger partial charge in [0.25, 0.3) is 5.91 Å². The highest BCUT2D eigenvalue weighted by Crippen LogP contribution is 2.11. The quantitative estimate of drug-likeness (QED) is 0.794. The molecule has 0 saturated heterocycles. The number of allylic oxidation sites excluding steroid dienone is 1. The van der Waals surface area contributed by atoms with E-state index in [2.05, 4.69) is 16.4 Å². The summed E-state index contributed by atoms with van der Waals surface area (Å²) >= 11 is 0. The number of amides is 1. The standard InChI is InChI=1S/C13H14N2O3/c16-12(14-9-5-2-1-3-6-9)10-7-4-8-11(15-10)13(17)18/h1-2,4,7-9H,3,5-6H2,(H,14,16)(H,17,18). The van der Waals surface area contributed by atoms with Gasteiger partial charge in [0.2, 0.25) is 0 Å². The second-order valence-corrected chi connectivity index (χ2v) is 4.17. The number of carboxylic acids is 1. The predicted octanol–water partition coefficient (Wildman–Crippen LogP) is 1.62. The van der Waals surface area contributed by atoms with Gasteiger partial charge in [0.05, 0.1) is 0 Å². The predicted molar refractivity (Wildman–Crippen MR) is 65.4 cm³/mol. The molecular formula is C13H14N2O3. The van der Waals surface area contributed by atoms with Gasteiger partial charge >= 0.3 is 5.97 Å². The Balaban J connectivity index is 2.06. The number of carbonyl (C=O) groups is 2. The van der Waals surface area contributed by atoms with Gasteiger partial charge in [-0.05, 0) is 31.4 Å². The first-order valence-corrected chi connectivity index (χ1v) is 5.83. The Bertz CT molecular complexity index is 497. The monoisotopic (exact) mass is 246 g/mol. The van der Waals surface area contributed by atoms with Crippen molar-refractivity contribution >= 4 is 11.9 Å². The summed E-state index contributed by atoms with van der Waals surface area (Å²) < 4.78 is 0. The van der Waals surface area contributed by atoms with Crippen LogP contribution in [0.3, 0.4) is 0 Å². The van der Waals surface area contributed by atoms with Gasteiger partial charge in [0, 0.05) is 6.04 Å². The molecule has 1 heterocycles. The fourth-order valence-corrected chi connectivity index (χ4v) is 1.86. The van der Waals surface area contributed by atoms with Crippen molar-refractivity contribution in [1.82, 2.24) is 10.3 Å². The van der Waals surface area contributed by atoms with Crippen LogP contribution in [-0.4, -0.2) is 28.0 Å². The van der Waals surface area contributed by atoms with Crippen LogP contribution in [0.5, 0.6) is 0 Å². The molecule has 2 N–H and O–H groups in total. The van der Waals surface area contributed by atoms with E-state index >= 15 is 0 Å². The molecule has 18 heavy (non-hydrogen) atoms. The first kappa shape index (κ1) is 12.3. The zero-order chi connectivity index (χ0) is 13.0. The number of carbonyl (C=O) groups excluding carboxylic acids is 1. The topological polar surface area (TPSA) is 79.3 Å². The molecule has 1 aromatic heterocycles. The summed E-state index contributed by atoms with van der Waals surface area (Å²) in [6.45, 7) is 0. The second kappa shape index (κ2) is 5.44. The third-order valence-electron chi connectivity index (χ3n) is 2.81. The minimum Gasteiger partial charge on any atom is -0.477 e. The van der Waals surface area contributed by atoms with Gasteiger partial charge in [0.15, 0.2) is 0 Å². The number of hydrogen-bond donors (Lipinski definition) is 2. The maximum atomic E-state index is 11.9. The van der Waals surface area contributed by atoms with E-state index in [-0.39, 0.29) is 23.3 Å². The minimum atomic E-state index is -1.13. The van der Waals surface area contributed by atoms with Gasteiger partial charge in [-0.2, -0.15) is 0 Å². The number of carboxylic acid groups (broad SMARTS) is 1. The summed E-state index contributed by atoms with van der Waals surface area (Å²) in [6.07, 6.45) is 6.79. The molecule has 1 atom stereocenters. The fourth-order valence-electron chi connectivity index (χ4n) is 1.86. The number of pyridine rings is 1. The molecule has 1 aromatic rings. The first-order valence-electron chi connectivity index (χ1n) is 5.83. The van der Waals surface area contributed by atoms with Crippen molar-refractivity contribution in [1.29, 1.82) is 0 Å². The molecule has 94 valence electrons. The van der Waals surface area contributed by atoms with Gasteiger partial charge in [-0.1, -0.05) is 18.2 Å². The van der Waals surface area contributed by atoms with Crippen LogP contribution in [0.25, 0.3) is 0 Å². The molecule has 5 nitrogen and oxygen atoms in total. The average Bonchev–Trinajstić information content (AvgIpc) is 2.40. The van der Waals surface area contributed by atoms with E-state index in [1.807, 2.05) is 6.08 Å². The summed E-state index contributed by atoms with van der Waals surface area (Å²) in [6, 6.07) is 4.51. The Morgan fingerprint density at radius 3 is 2.72 bits per heavy atom. The molecule has 1 unspecified atom stereocenters. The third kappa shape index (κ3) is 2.94. The van der Waals surface area contributed by atoms with Crippen molar-refractivity contribution in [2.45, 2.75) is 25.3 Å². The zero-order valence-corrected chi connectivity index (χ0v) is 9.80. The van der Waals surface area contributed by atoms with Gasteiger partial charge < -0.3 is 10.4 Å². The van der Waals surface area contributed by atoms with Gasteiger partial charge in [-0.3, -0.25) is 4.79 Å². The molecule has 0 aromatic carbocycles.